The SMILES string of the molecule is c1ccc2nc(-c3nc4cc(-c5ccc(-c6ccc7ccc8cccnc8c7n6)c6ccccc56)ccc4s3)ncc2c1. The second-order valence-electron chi connectivity index (χ2n) is 10.6. The Hall–Kier alpha value is -5.59. The highest BCUT2D eigenvalue weighted by Crippen LogP contribution is 2.38. The van der Waals surface area contributed by atoms with Crippen LogP contribution in [0.25, 0.3) is 86.9 Å². The fourth-order valence-corrected chi connectivity index (χ4v) is 6.80. The van der Waals surface area contributed by atoms with Crippen LogP contribution in [0.4, 0.5) is 0 Å². The molecule has 0 aliphatic carbocycles. The molecule has 200 valence electrons. The van der Waals surface area contributed by atoms with E-state index in [0.29, 0.717) is 5.82 Å². The average molecular weight is 568 g/mol. The summed E-state index contributed by atoms with van der Waals surface area (Å²) in [6.45, 7) is 0. The number of pyridine rings is 2. The van der Waals surface area contributed by atoms with E-state index in [1.54, 1.807) is 11.3 Å². The Balaban J connectivity index is 1.16. The standard InChI is InChI=1S/C37H21N5S/c1-4-10-30-25(6-1)21-39-36(41-30)37-42-32-20-24(14-18-33(32)43-37)26-15-16-29(28-9-3-2-8-27(26)28)31-17-13-23-12-11-22-7-5-19-38-34(22)35(23)40-31/h1-21H. The minimum absolute atomic E-state index is 0.655. The Morgan fingerprint density at radius 3 is 2.21 bits per heavy atom. The second-order valence-corrected chi connectivity index (χ2v) is 11.6. The van der Waals surface area contributed by atoms with Crippen molar-refractivity contribution in [2.75, 3.05) is 0 Å². The number of nitrogens with zero attached hydrogens (tertiary/aromatic N) is 5. The van der Waals surface area contributed by atoms with E-state index < -0.39 is 0 Å². The molecule has 43 heavy (non-hydrogen) atoms. The monoisotopic (exact) mass is 567 g/mol. The molecule has 0 amide bonds. The zero-order valence-electron chi connectivity index (χ0n) is 22.8. The van der Waals surface area contributed by atoms with Crippen LogP contribution in [0.5, 0.6) is 0 Å². The summed E-state index contributed by atoms with van der Waals surface area (Å²) in [5.41, 5.74) is 8.01. The number of thiazole rings is 1. The molecule has 9 aromatic rings. The van der Waals surface area contributed by atoms with Gasteiger partial charge >= 0.3 is 0 Å². The molecule has 5 nitrogen and oxygen atoms in total. The Kier molecular flexibility index (Phi) is 5.30. The summed E-state index contributed by atoms with van der Waals surface area (Å²) in [6, 6.07) is 40.0. The zero-order chi connectivity index (χ0) is 28.3. The fraction of sp³-hybridized carbons (Fsp3) is 0. The lowest BCUT2D eigenvalue weighted by molar-refractivity contribution is 1.21. The highest BCUT2D eigenvalue weighted by atomic mass is 32.1. The lowest BCUT2D eigenvalue weighted by atomic mass is 9.93. The van der Waals surface area contributed by atoms with E-state index in [-0.39, 0.29) is 0 Å². The summed E-state index contributed by atoms with van der Waals surface area (Å²) in [6.07, 6.45) is 3.70. The topological polar surface area (TPSA) is 64.5 Å². The molecule has 0 saturated heterocycles. The molecular weight excluding hydrogens is 547 g/mol. The van der Waals surface area contributed by atoms with Gasteiger partial charge in [-0.2, -0.15) is 0 Å². The Bertz CT molecular complexity index is 2530. The predicted octanol–water partition coefficient (Wildman–Crippen LogP) is 9.49. The molecule has 0 atom stereocenters. The first kappa shape index (κ1) is 24.1. The van der Waals surface area contributed by atoms with Gasteiger partial charge in [0.15, 0.2) is 10.8 Å². The highest BCUT2D eigenvalue weighted by molar-refractivity contribution is 7.21. The molecule has 5 aromatic carbocycles. The molecule has 4 aromatic heterocycles. The van der Waals surface area contributed by atoms with Crippen LogP contribution < -0.4 is 0 Å². The first-order valence-corrected chi connectivity index (χ1v) is 14.9. The average Bonchev–Trinajstić information content (AvgIpc) is 3.51. The van der Waals surface area contributed by atoms with E-state index in [1.165, 1.54) is 5.39 Å². The summed E-state index contributed by atoms with van der Waals surface area (Å²) < 4.78 is 1.11. The Morgan fingerprint density at radius 1 is 0.512 bits per heavy atom. The van der Waals surface area contributed by atoms with Gasteiger partial charge in [0.25, 0.3) is 0 Å². The molecule has 6 heteroatoms. The summed E-state index contributed by atoms with van der Waals surface area (Å²) >= 11 is 1.62. The van der Waals surface area contributed by atoms with E-state index >= 15 is 0 Å². The van der Waals surface area contributed by atoms with E-state index in [1.807, 2.05) is 42.7 Å². The van der Waals surface area contributed by atoms with Crippen LogP contribution >= 0.6 is 11.3 Å². The largest absolute Gasteiger partial charge is 0.254 e. The third-order valence-electron chi connectivity index (χ3n) is 8.01. The van der Waals surface area contributed by atoms with Crippen molar-refractivity contribution in [3.05, 3.63) is 128 Å². The molecule has 0 aliphatic rings. The van der Waals surface area contributed by atoms with Crippen molar-refractivity contribution >= 4 is 65.0 Å². The minimum Gasteiger partial charge on any atom is -0.254 e. The number of para-hydroxylation sites is 1. The van der Waals surface area contributed by atoms with Crippen LogP contribution in [-0.4, -0.2) is 24.9 Å². The number of hydrogen-bond acceptors (Lipinski definition) is 6. The summed E-state index contributed by atoms with van der Waals surface area (Å²) in [5, 5.41) is 6.35. The van der Waals surface area contributed by atoms with Crippen molar-refractivity contribution in [3.8, 4) is 33.2 Å². The Labute approximate surface area is 250 Å². The van der Waals surface area contributed by atoms with Crippen LogP contribution in [0.1, 0.15) is 0 Å². The second kappa shape index (κ2) is 9.48. The van der Waals surface area contributed by atoms with Gasteiger partial charge < -0.3 is 0 Å². The maximum atomic E-state index is 5.13. The zero-order valence-corrected chi connectivity index (χ0v) is 23.6. The van der Waals surface area contributed by atoms with Crippen LogP contribution in [0.2, 0.25) is 0 Å². The molecule has 4 heterocycles. The molecule has 0 aliphatic heterocycles. The van der Waals surface area contributed by atoms with Crippen LogP contribution in [0, 0.1) is 0 Å². The van der Waals surface area contributed by atoms with Crippen molar-refractivity contribution in [2.24, 2.45) is 0 Å². The van der Waals surface area contributed by atoms with Crippen LogP contribution in [-0.2, 0) is 0 Å². The van der Waals surface area contributed by atoms with Gasteiger partial charge in [-0.15, -0.1) is 11.3 Å². The van der Waals surface area contributed by atoms with E-state index in [9.17, 15) is 0 Å². The van der Waals surface area contributed by atoms with Crippen molar-refractivity contribution in [2.45, 2.75) is 0 Å². The molecule has 0 radical (unpaired) electrons. The van der Waals surface area contributed by atoms with Gasteiger partial charge in [0.1, 0.15) is 0 Å². The molecule has 0 bridgehead atoms. The van der Waals surface area contributed by atoms with E-state index in [4.69, 9.17) is 15.0 Å². The van der Waals surface area contributed by atoms with Crippen molar-refractivity contribution in [1.29, 1.82) is 0 Å². The lowest BCUT2D eigenvalue weighted by Crippen LogP contribution is -1.91. The molecule has 0 spiro atoms. The van der Waals surface area contributed by atoms with Gasteiger partial charge in [-0.25, -0.2) is 19.9 Å². The van der Waals surface area contributed by atoms with Crippen LogP contribution in [0.3, 0.4) is 0 Å². The lowest BCUT2D eigenvalue weighted by Gasteiger charge is -2.12. The first-order chi connectivity index (χ1) is 21.3. The third kappa shape index (κ3) is 3.95. The van der Waals surface area contributed by atoms with Crippen molar-refractivity contribution in [3.63, 3.8) is 0 Å². The smallest absolute Gasteiger partial charge is 0.189 e. The van der Waals surface area contributed by atoms with Gasteiger partial charge in [0, 0.05) is 34.1 Å². The van der Waals surface area contributed by atoms with Gasteiger partial charge in [0.2, 0.25) is 0 Å². The summed E-state index contributed by atoms with van der Waals surface area (Å²) in [4.78, 5) is 24.1. The predicted molar refractivity (Wildman–Crippen MR) is 177 cm³/mol. The van der Waals surface area contributed by atoms with Gasteiger partial charge in [-0.1, -0.05) is 84.9 Å². The summed E-state index contributed by atoms with van der Waals surface area (Å²) in [5.74, 6) is 0.655. The molecule has 0 saturated carbocycles. The van der Waals surface area contributed by atoms with Crippen molar-refractivity contribution < 1.29 is 0 Å². The van der Waals surface area contributed by atoms with Crippen molar-refractivity contribution in [1.82, 2.24) is 24.9 Å². The highest BCUT2D eigenvalue weighted by Gasteiger charge is 2.15. The molecule has 0 N–H and O–H groups in total. The normalized spacial score (nSPS) is 11.7. The number of rotatable bonds is 3. The maximum absolute atomic E-state index is 5.13. The Morgan fingerprint density at radius 2 is 1.28 bits per heavy atom. The summed E-state index contributed by atoms with van der Waals surface area (Å²) in [7, 11) is 0. The number of hydrogen-bond donors (Lipinski definition) is 0. The fourth-order valence-electron chi connectivity index (χ4n) is 5.91. The molecule has 0 unspecified atom stereocenters. The van der Waals surface area contributed by atoms with E-state index in [0.717, 1.165) is 75.7 Å². The van der Waals surface area contributed by atoms with Gasteiger partial charge in [-0.3, -0.25) is 4.98 Å². The van der Waals surface area contributed by atoms with E-state index in [2.05, 4.69) is 94.9 Å². The number of fused-ring (bicyclic) bond motifs is 6. The molecule has 9 rings (SSSR count). The molecular formula is C37H21N5S. The van der Waals surface area contributed by atoms with Gasteiger partial charge in [0.05, 0.1) is 32.5 Å². The number of aromatic nitrogens is 5. The quantitative estimate of drug-likeness (QED) is 0.199. The van der Waals surface area contributed by atoms with Gasteiger partial charge in [-0.05, 0) is 52.2 Å². The minimum atomic E-state index is 0.655. The number of benzene rings is 5. The van der Waals surface area contributed by atoms with Crippen LogP contribution in [0.15, 0.2) is 128 Å². The maximum Gasteiger partial charge on any atom is 0.189 e. The first-order valence-electron chi connectivity index (χ1n) is 14.1. The molecule has 0 fully saturated rings. The third-order valence-corrected chi connectivity index (χ3v) is 9.04.